The molecule has 0 radical (unpaired) electrons. The highest BCUT2D eigenvalue weighted by Gasteiger charge is 2.18. The van der Waals surface area contributed by atoms with Crippen LogP contribution in [0.3, 0.4) is 0 Å². The summed E-state index contributed by atoms with van der Waals surface area (Å²) < 4.78 is 11.5. The van der Waals surface area contributed by atoms with Crippen LogP contribution in [-0.2, 0) is 0 Å². The number of benzene rings is 2. The summed E-state index contributed by atoms with van der Waals surface area (Å²) in [4.78, 5) is 27.3. The van der Waals surface area contributed by atoms with Gasteiger partial charge in [0.25, 0.3) is 0 Å². The van der Waals surface area contributed by atoms with Crippen LogP contribution in [0.4, 0.5) is 0 Å². The third-order valence-electron chi connectivity index (χ3n) is 4.82. The largest absolute Gasteiger partial charge is 0.490 e. The lowest BCUT2D eigenvalue weighted by atomic mass is 10.0. The molecule has 5 aromatic rings. The maximum Gasteiger partial charge on any atom is 0.235 e. The first-order valence-corrected chi connectivity index (χ1v) is 8.97. The average molecular weight is 384 g/mol. The van der Waals surface area contributed by atoms with Crippen molar-refractivity contribution in [2.24, 2.45) is 0 Å². The van der Waals surface area contributed by atoms with Gasteiger partial charge < -0.3 is 19.1 Å². The topological polar surface area (TPSA) is 96.8 Å². The van der Waals surface area contributed by atoms with Crippen LogP contribution in [0.2, 0.25) is 0 Å². The summed E-state index contributed by atoms with van der Waals surface area (Å²) in [5, 5.41) is 0.451. The van der Waals surface area contributed by atoms with Crippen molar-refractivity contribution in [1.82, 2.24) is 19.9 Å². The Morgan fingerprint density at radius 1 is 0.862 bits per heavy atom. The molecule has 5 rings (SSSR count). The van der Waals surface area contributed by atoms with E-state index in [2.05, 4.69) is 19.9 Å². The summed E-state index contributed by atoms with van der Waals surface area (Å²) in [6.07, 6.45) is 6.68. The lowest BCUT2D eigenvalue weighted by molar-refractivity contribution is 0.399. The van der Waals surface area contributed by atoms with Crippen molar-refractivity contribution in [3.63, 3.8) is 0 Å². The number of hydrogen-bond donors (Lipinski definition) is 2. The fraction of sp³-hybridized carbons (Fsp3) is 0.0455. The number of nitrogens with zero attached hydrogens (tertiary/aromatic N) is 2. The van der Waals surface area contributed by atoms with E-state index in [0.29, 0.717) is 16.7 Å². The zero-order chi connectivity index (χ0) is 19.8. The van der Waals surface area contributed by atoms with E-state index in [9.17, 15) is 4.79 Å². The number of aromatic nitrogens is 4. The van der Waals surface area contributed by atoms with Crippen LogP contribution < -0.4 is 10.2 Å². The van der Waals surface area contributed by atoms with E-state index in [1.54, 1.807) is 37.2 Å². The Kier molecular flexibility index (Phi) is 3.98. The molecule has 29 heavy (non-hydrogen) atoms. The minimum absolute atomic E-state index is 0.175. The monoisotopic (exact) mass is 384 g/mol. The molecular weight excluding hydrogens is 368 g/mol. The standard InChI is InChI=1S/C22H16N4O3/c1-28-22-20(27)16-8-15(18-10-24-12-26-18)6-7-19(16)29-21(22)14-4-2-13(3-5-14)17-9-23-11-25-17/h2-12H,1H3,(H,23,25)(H,24,26). The van der Waals surface area contributed by atoms with E-state index in [4.69, 9.17) is 9.15 Å². The summed E-state index contributed by atoms with van der Waals surface area (Å²) in [7, 11) is 1.47. The lowest BCUT2D eigenvalue weighted by Crippen LogP contribution is -2.07. The number of H-pyrrole nitrogens is 2. The SMILES string of the molecule is COc1c(-c2ccc(-c3cnc[nH]3)cc2)oc2ccc(-c3cnc[nH]3)cc2c1=O. The maximum atomic E-state index is 13.1. The molecule has 3 heterocycles. The van der Waals surface area contributed by atoms with Gasteiger partial charge in [-0.15, -0.1) is 0 Å². The van der Waals surface area contributed by atoms with Crippen molar-refractivity contribution < 1.29 is 9.15 Å². The Balaban J connectivity index is 1.64. The molecule has 0 aliphatic heterocycles. The zero-order valence-electron chi connectivity index (χ0n) is 15.5. The summed E-state index contributed by atoms with van der Waals surface area (Å²) >= 11 is 0. The minimum Gasteiger partial charge on any atom is -0.490 e. The number of rotatable bonds is 4. The molecule has 7 heteroatoms. The van der Waals surface area contributed by atoms with E-state index in [0.717, 1.165) is 28.1 Å². The average Bonchev–Trinajstić information content (AvgIpc) is 3.48. The Morgan fingerprint density at radius 2 is 1.48 bits per heavy atom. The second-order valence-electron chi connectivity index (χ2n) is 6.51. The lowest BCUT2D eigenvalue weighted by Gasteiger charge is -2.10. The van der Waals surface area contributed by atoms with Crippen molar-refractivity contribution in [2.45, 2.75) is 0 Å². The second kappa shape index (κ2) is 6.79. The predicted molar refractivity (Wildman–Crippen MR) is 110 cm³/mol. The van der Waals surface area contributed by atoms with Crippen LogP contribution >= 0.6 is 0 Å². The van der Waals surface area contributed by atoms with E-state index < -0.39 is 0 Å². The molecule has 0 atom stereocenters. The number of nitrogens with one attached hydrogen (secondary N) is 2. The Morgan fingerprint density at radius 3 is 2.10 bits per heavy atom. The molecule has 0 unspecified atom stereocenters. The quantitative estimate of drug-likeness (QED) is 0.483. The van der Waals surface area contributed by atoms with Gasteiger partial charge in [0.2, 0.25) is 11.2 Å². The molecule has 2 N–H and O–H groups in total. The summed E-state index contributed by atoms with van der Waals surface area (Å²) in [5.41, 5.74) is 4.59. The number of fused-ring (bicyclic) bond motifs is 1. The summed E-state index contributed by atoms with van der Waals surface area (Å²) in [6.45, 7) is 0. The first kappa shape index (κ1) is 17.0. The molecule has 0 saturated carbocycles. The van der Waals surface area contributed by atoms with Crippen LogP contribution in [0.1, 0.15) is 0 Å². The third kappa shape index (κ3) is 2.89. The predicted octanol–water partition coefficient (Wildman–Crippen LogP) is 4.25. The Bertz CT molecular complexity index is 1340. The van der Waals surface area contributed by atoms with Crippen molar-refractivity contribution in [1.29, 1.82) is 0 Å². The van der Waals surface area contributed by atoms with Gasteiger partial charge in [0.1, 0.15) is 5.58 Å². The highest BCUT2D eigenvalue weighted by molar-refractivity contribution is 5.86. The summed E-state index contributed by atoms with van der Waals surface area (Å²) in [5.74, 6) is 0.573. The molecule has 0 fully saturated rings. The Hall–Kier alpha value is -4.13. The number of imidazole rings is 2. The van der Waals surface area contributed by atoms with Crippen molar-refractivity contribution in [2.75, 3.05) is 7.11 Å². The Labute approximate surface area is 165 Å². The van der Waals surface area contributed by atoms with Gasteiger partial charge in [-0.25, -0.2) is 9.97 Å². The van der Waals surface area contributed by atoms with Gasteiger partial charge in [-0.05, 0) is 23.8 Å². The molecule has 0 spiro atoms. The molecule has 0 saturated heterocycles. The van der Waals surface area contributed by atoms with Gasteiger partial charge in [-0.3, -0.25) is 4.79 Å². The molecule has 0 amide bonds. The number of methoxy groups -OCH3 is 1. The van der Waals surface area contributed by atoms with Gasteiger partial charge in [0.05, 0.1) is 48.9 Å². The normalized spacial score (nSPS) is 11.1. The highest BCUT2D eigenvalue weighted by atomic mass is 16.5. The molecule has 2 aromatic carbocycles. The van der Waals surface area contributed by atoms with Gasteiger partial charge in [-0.2, -0.15) is 0 Å². The molecular formula is C22H16N4O3. The van der Waals surface area contributed by atoms with E-state index in [-0.39, 0.29) is 11.2 Å². The number of ether oxygens (including phenoxy) is 1. The van der Waals surface area contributed by atoms with Crippen molar-refractivity contribution in [3.8, 4) is 39.6 Å². The van der Waals surface area contributed by atoms with E-state index in [1.165, 1.54) is 7.11 Å². The second-order valence-corrected chi connectivity index (χ2v) is 6.51. The van der Waals surface area contributed by atoms with Gasteiger partial charge in [0.15, 0.2) is 5.76 Å². The zero-order valence-corrected chi connectivity index (χ0v) is 15.5. The molecule has 7 nitrogen and oxygen atoms in total. The smallest absolute Gasteiger partial charge is 0.235 e. The number of aromatic amines is 2. The van der Waals surface area contributed by atoms with Gasteiger partial charge >= 0.3 is 0 Å². The van der Waals surface area contributed by atoms with E-state index in [1.807, 2.05) is 30.3 Å². The van der Waals surface area contributed by atoms with Crippen LogP contribution in [0.25, 0.3) is 44.8 Å². The van der Waals surface area contributed by atoms with Crippen LogP contribution in [0.15, 0.2) is 76.7 Å². The molecule has 0 bridgehead atoms. The van der Waals surface area contributed by atoms with Crippen LogP contribution in [0, 0.1) is 0 Å². The van der Waals surface area contributed by atoms with Gasteiger partial charge in [-0.1, -0.05) is 24.3 Å². The third-order valence-corrected chi connectivity index (χ3v) is 4.82. The molecule has 0 aliphatic carbocycles. The summed E-state index contributed by atoms with van der Waals surface area (Å²) in [6, 6.07) is 13.1. The van der Waals surface area contributed by atoms with Crippen molar-refractivity contribution in [3.05, 3.63) is 77.7 Å². The number of hydrogen-bond acceptors (Lipinski definition) is 5. The molecule has 142 valence electrons. The van der Waals surface area contributed by atoms with Crippen LogP contribution in [0.5, 0.6) is 5.75 Å². The fourth-order valence-electron chi connectivity index (χ4n) is 3.35. The van der Waals surface area contributed by atoms with E-state index >= 15 is 0 Å². The highest BCUT2D eigenvalue weighted by Crippen LogP contribution is 2.33. The fourth-order valence-corrected chi connectivity index (χ4v) is 3.35. The minimum atomic E-state index is -0.220. The first-order chi connectivity index (χ1) is 14.2. The van der Waals surface area contributed by atoms with Crippen LogP contribution in [-0.4, -0.2) is 27.0 Å². The first-order valence-electron chi connectivity index (χ1n) is 8.97. The van der Waals surface area contributed by atoms with Gasteiger partial charge in [0, 0.05) is 11.1 Å². The maximum absolute atomic E-state index is 13.1. The molecule has 3 aromatic heterocycles. The molecule has 0 aliphatic rings. The van der Waals surface area contributed by atoms with Crippen molar-refractivity contribution >= 4 is 11.0 Å².